The molecule has 24 heavy (non-hydrogen) atoms. The zero-order valence-corrected chi connectivity index (χ0v) is 12.7. The maximum absolute atomic E-state index is 12.2. The number of benzene rings is 2. The molecular weight excluding hydrogens is 310 g/mol. The summed E-state index contributed by atoms with van der Waals surface area (Å²) in [5, 5.41) is 22.4. The normalized spacial score (nSPS) is 10.6. The molecule has 0 fully saturated rings. The van der Waals surface area contributed by atoms with Crippen molar-refractivity contribution in [3.05, 3.63) is 69.8 Å². The van der Waals surface area contributed by atoms with Gasteiger partial charge in [-0.2, -0.15) is 5.26 Å². The second kappa shape index (κ2) is 7.56. The minimum atomic E-state index is -0.580. The van der Waals surface area contributed by atoms with Gasteiger partial charge in [-0.15, -0.1) is 0 Å². The highest BCUT2D eigenvalue weighted by atomic mass is 16.6. The summed E-state index contributed by atoms with van der Waals surface area (Å²) in [4.78, 5) is 22.3. The summed E-state index contributed by atoms with van der Waals surface area (Å²) < 4.78 is 5.06. The third-order valence-corrected chi connectivity index (χ3v) is 3.11. The number of methoxy groups -OCH3 is 1. The van der Waals surface area contributed by atoms with Gasteiger partial charge in [-0.3, -0.25) is 14.9 Å². The molecule has 2 aromatic rings. The van der Waals surface area contributed by atoms with E-state index in [1.54, 1.807) is 24.3 Å². The third-order valence-electron chi connectivity index (χ3n) is 3.11. The Morgan fingerprint density at radius 1 is 1.29 bits per heavy atom. The van der Waals surface area contributed by atoms with Gasteiger partial charge in [0.25, 0.3) is 11.6 Å². The van der Waals surface area contributed by atoms with E-state index in [1.165, 1.54) is 37.5 Å². The Labute approximate surface area is 137 Å². The number of nitro groups is 1. The molecule has 0 atom stereocenters. The van der Waals surface area contributed by atoms with Crippen molar-refractivity contribution in [1.29, 1.82) is 5.26 Å². The molecule has 2 aromatic carbocycles. The Hall–Kier alpha value is -3.66. The largest absolute Gasteiger partial charge is 0.497 e. The van der Waals surface area contributed by atoms with Crippen molar-refractivity contribution in [1.82, 2.24) is 0 Å². The SMILES string of the molecule is COc1cccc(NC(=O)/C(C#N)=C/c2ccc([N+](=O)[O-])cc2)c1. The van der Waals surface area contributed by atoms with Crippen LogP contribution in [-0.4, -0.2) is 17.9 Å². The van der Waals surface area contributed by atoms with Gasteiger partial charge in [-0.05, 0) is 35.9 Å². The topological polar surface area (TPSA) is 105 Å². The molecule has 0 aromatic heterocycles. The lowest BCUT2D eigenvalue weighted by Gasteiger charge is -2.06. The van der Waals surface area contributed by atoms with Crippen LogP contribution in [0.5, 0.6) is 5.75 Å². The van der Waals surface area contributed by atoms with Crippen LogP contribution in [0.4, 0.5) is 11.4 Å². The van der Waals surface area contributed by atoms with E-state index < -0.39 is 10.8 Å². The standard InChI is InChI=1S/C17H13N3O4/c1-24-16-4-2-3-14(10-16)19-17(21)13(11-18)9-12-5-7-15(8-6-12)20(22)23/h2-10H,1H3,(H,19,21)/b13-9+. The maximum atomic E-state index is 12.2. The Balaban J connectivity index is 2.18. The smallest absolute Gasteiger partial charge is 0.269 e. The van der Waals surface area contributed by atoms with Crippen molar-refractivity contribution in [2.75, 3.05) is 12.4 Å². The molecule has 0 aliphatic heterocycles. The average Bonchev–Trinajstić information content (AvgIpc) is 2.60. The van der Waals surface area contributed by atoms with Crippen LogP contribution in [0, 0.1) is 21.4 Å². The molecule has 0 heterocycles. The predicted octanol–water partition coefficient (Wildman–Crippen LogP) is 3.15. The molecule has 0 saturated heterocycles. The zero-order chi connectivity index (χ0) is 17.5. The fourth-order valence-electron chi connectivity index (χ4n) is 1.91. The van der Waals surface area contributed by atoms with E-state index in [0.29, 0.717) is 17.0 Å². The number of hydrogen-bond donors (Lipinski definition) is 1. The van der Waals surface area contributed by atoms with Gasteiger partial charge in [0.15, 0.2) is 0 Å². The minimum Gasteiger partial charge on any atom is -0.497 e. The van der Waals surface area contributed by atoms with E-state index in [-0.39, 0.29) is 11.3 Å². The fraction of sp³-hybridized carbons (Fsp3) is 0.0588. The second-order valence-corrected chi connectivity index (χ2v) is 4.70. The molecule has 1 amide bonds. The molecule has 120 valence electrons. The molecule has 0 spiro atoms. The molecule has 0 unspecified atom stereocenters. The first kappa shape index (κ1) is 16.7. The number of non-ortho nitro benzene ring substituents is 1. The summed E-state index contributed by atoms with van der Waals surface area (Å²) in [6.45, 7) is 0. The molecule has 2 rings (SSSR count). The number of anilines is 1. The molecule has 0 aliphatic carbocycles. The van der Waals surface area contributed by atoms with Crippen molar-refractivity contribution in [2.45, 2.75) is 0 Å². The van der Waals surface area contributed by atoms with Gasteiger partial charge in [0.1, 0.15) is 17.4 Å². The van der Waals surface area contributed by atoms with Crippen LogP contribution in [-0.2, 0) is 4.79 Å². The lowest BCUT2D eigenvalue weighted by molar-refractivity contribution is -0.384. The molecule has 7 heteroatoms. The van der Waals surface area contributed by atoms with Crippen LogP contribution in [0.25, 0.3) is 6.08 Å². The van der Waals surface area contributed by atoms with Gasteiger partial charge >= 0.3 is 0 Å². The van der Waals surface area contributed by atoms with Crippen LogP contribution >= 0.6 is 0 Å². The van der Waals surface area contributed by atoms with Crippen molar-refractivity contribution in [2.24, 2.45) is 0 Å². The lowest BCUT2D eigenvalue weighted by atomic mass is 10.1. The summed E-state index contributed by atoms with van der Waals surface area (Å²) in [6.07, 6.45) is 1.36. The van der Waals surface area contributed by atoms with Gasteiger partial charge in [0.2, 0.25) is 0 Å². The van der Waals surface area contributed by atoms with E-state index in [0.717, 1.165) is 0 Å². The van der Waals surface area contributed by atoms with Gasteiger partial charge < -0.3 is 10.1 Å². The Morgan fingerprint density at radius 3 is 2.58 bits per heavy atom. The van der Waals surface area contributed by atoms with Crippen molar-refractivity contribution in [3.63, 3.8) is 0 Å². The summed E-state index contributed by atoms with van der Waals surface area (Å²) in [5.41, 5.74) is 0.820. The van der Waals surface area contributed by atoms with Gasteiger partial charge in [-0.1, -0.05) is 6.07 Å². The number of carbonyl (C=O) groups is 1. The van der Waals surface area contributed by atoms with Crippen LogP contribution in [0.3, 0.4) is 0 Å². The third kappa shape index (κ3) is 4.18. The molecule has 1 N–H and O–H groups in total. The number of nitriles is 1. The number of amides is 1. The van der Waals surface area contributed by atoms with E-state index in [9.17, 15) is 14.9 Å². The second-order valence-electron chi connectivity index (χ2n) is 4.70. The molecule has 0 saturated carbocycles. The number of nitrogens with zero attached hydrogens (tertiary/aromatic N) is 2. The maximum Gasteiger partial charge on any atom is 0.269 e. The van der Waals surface area contributed by atoms with Crippen molar-refractivity contribution < 1.29 is 14.5 Å². The number of carbonyl (C=O) groups excluding carboxylic acids is 1. The van der Waals surface area contributed by atoms with E-state index in [4.69, 9.17) is 10.00 Å². The zero-order valence-electron chi connectivity index (χ0n) is 12.7. The van der Waals surface area contributed by atoms with Crippen LogP contribution < -0.4 is 10.1 Å². The first-order chi connectivity index (χ1) is 11.5. The molecule has 0 radical (unpaired) electrons. The van der Waals surface area contributed by atoms with Crippen LogP contribution in [0.1, 0.15) is 5.56 Å². The Bertz CT molecular complexity index is 836. The Kier molecular flexibility index (Phi) is 5.26. The number of rotatable bonds is 5. The number of hydrogen-bond acceptors (Lipinski definition) is 5. The quantitative estimate of drug-likeness (QED) is 0.394. The first-order valence-corrected chi connectivity index (χ1v) is 6.85. The number of nitrogens with one attached hydrogen (secondary N) is 1. The van der Waals surface area contributed by atoms with Gasteiger partial charge in [-0.25, -0.2) is 0 Å². The number of nitro benzene ring substituents is 1. The van der Waals surface area contributed by atoms with Crippen molar-refractivity contribution in [3.8, 4) is 11.8 Å². The first-order valence-electron chi connectivity index (χ1n) is 6.85. The summed E-state index contributed by atoms with van der Waals surface area (Å²) in [5.74, 6) is -0.00485. The van der Waals surface area contributed by atoms with E-state index in [2.05, 4.69) is 5.32 Å². The molecular formula is C17H13N3O4. The highest BCUT2D eigenvalue weighted by molar-refractivity contribution is 6.09. The predicted molar refractivity (Wildman–Crippen MR) is 88.3 cm³/mol. The van der Waals surface area contributed by atoms with Crippen LogP contribution in [0.15, 0.2) is 54.1 Å². The highest BCUT2D eigenvalue weighted by Crippen LogP contribution is 2.18. The van der Waals surface area contributed by atoms with Crippen molar-refractivity contribution >= 4 is 23.4 Å². The average molecular weight is 323 g/mol. The minimum absolute atomic E-state index is 0.0634. The fourth-order valence-corrected chi connectivity index (χ4v) is 1.91. The van der Waals surface area contributed by atoms with Gasteiger partial charge in [0.05, 0.1) is 12.0 Å². The van der Waals surface area contributed by atoms with Gasteiger partial charge in [0, 0.05) is 23.9 Å². The molecule has 0 bridgehead atoms. The Morgan fingerprint density at radius 2 is 2.00 bits per heavy atom. The van der Waals surface area contributed by atoms with Crippen LogP contribution in [0.2, 0.25) is 0 Å². The summed E-state index contributed by atoms with van der Waals surface area (Å²) >= 11 is 0. The lowest BCUT2D eigenvalue weighted by Crippen LogP contribution is -2.13. The summed E-state index contributed by atoms with van der Waals surface area (Å²) in [6, 6.07) is 14.1. The van der Waals surface area contributed by atoms with E-state index >= 15 is 0 Å². The monoisotopic (exact) mass is 323 g/mol. The summed E-state index contributed by atoms with van der Waals surface area (Å²) in [7, 11) is 1.51. The molecule has 0 aliphatic rings. The molecule has 7 nitrogen and oxygen atoms in total. The number of ether oxygens (including phenoxy) is 1. The highest BCUT2D eigenvalue weighted by Gasteiger charge is 2.11. The van der Waals surface area contributed by atoms with E-state index in [1.807, 2.05) is 6.07 Å².